The van der Waals surface area contributed by atoms with Gasteiger partial charge in [0.15, 0.2) is 0 Å². The molecule has 5 nitrogen and oxygen atoms in total. The molecule has 1 saturated carbocycles. The van der Waals surface area contributed by atoms with Gasteiger partial charge < -0.3 is 9.47 Å². The van der Waals surface area contributed by atoms with Crippen molar-refractivity contribution in [2.75, 3.05) is 13.7 Å². The molecule has 1 aliphatic heterocycles. The number of hydrogen-bond acceptors (Lipinski definition) is 4. The van der Waals surface area contributed by atoms with E-state index in [1.807, 2.05) is 0 Å². The van der Waals surface area contributed by atoms with Crippen LogP contribution in [0.2, 0.25) is 0 Å². The zero-order valence-electron chi connectivity index (χ0n) is 11.3. The number of carbonyl (C=O) groups excluding carboxylic acids is 2. The Balaban J connectivity index is 2.12. The van der Waals surface area contributed by atoms with Gasteiger partial charge in [0, 0.05) is 13.0 Å². The molecule has 19 heavy (non-hydrogen) atoms. The summed E-state index contributed by atoms with van der Waals surface area (Å²) in [4.78, 5) is 24.5. The molecule has 2 unspecified atom stereocenters. The van der Waals surface area contributed by atoms with E-state index in [0.29, 0.717) is 0 Å². The Labute approximate surface area is 109 Å². The highest BCUT2D eigenvalue weighted by atomic mass is 19.3. The number of halogens is 2. The van der Waals surface area contributed by atoms with E-state index < -0.39 is 35.0 Å². The lowest BCUT2D eigenvalue weighted by Crippen LogP contribution is -2.66. The standard InChI is InChI=1S/C12H17F2NO4/c1-10(2,3)19-9(17)15-6-11(5-12(11,13)14)7(15)8(16)18-4/h7H,5-6H2,1-4H3. The lowest BCUT2D eigenvalue weighted by atomic mass is 9.84. The highest BCUT2D eigenvalue weighted by Gasteiger charge is 2.83. The van der Waals surface area contributed by atoms with E-state index in [9.17, 15) is 18.4 Å². The molecule has 2 fully saturated rings. The summed E-state index contributed by atoms with van der Waals surface area (Å²) in [6.07, 6.45) is -1.16. The second-order valence-corrected chi connectivity index (χ2v) is 6.07. The van der Waals surface area contributed by atoms with Gasteiger partial charge in [-0.05, 0) is 20.8 Å². The number of alkyl halides is 2. The maximum absolute atomic E-state index is 13.4. The van der Waals surface area contributed by atoms with E-state index >= 15 is 0 Å². The highest BCUT2D eigenvalue weighted by Crippen LogP contribution is 2.68. The van der Waals surface area contributed by atoms with Crippen LogP contribution < -0.4 is 0 Å². The Morgan fingerprint density at radius 3 is 2.21 bits per heavy atom. The van der Waals surface area contributed by atoms with Crippen LogP contribution in [-0.2, 0) is 14.3 Å². The average molecular weight is 277 g/mol. The first-order chi connectivity index (χ1) is 8.54. The van der Waals surface area contributed by atoms with Crippen LogP contribution in [0.4, 0.5) is 13.6 Å². The van der Waals surface area contributed by atoms with E-state index in [2.05, 4.69) is 4.74 Å². The van der Waals surface area contributed by atoms with Crippen molar-refractivity contribution in [2.24, 2.45) is 5.41 Å². The number of esters is 1. The lowest BCUT2D eigenvalue weighted by molar-refractivity contribution is -0.164. The van der Waals surface area contributed by atoms with Crippen molar-refractivity contribution in [3.8, 4) is 0 Å². The molecule has 0 aromatic rings. The Kier molecular flexibility index (Phi) is 2.80. The summed E-state index contributed by atoms with van der Waals surface area (Å²) in [6.45, 7) is 4.83. The van der Waals surface area contributed by atoms with Crippen LogP contribution in [0.15, 0.2) is 0 Å². The fraction of sp³-hybridized carbons (Fsp3) is 0.833. The fourth-order valence-corrected chi connectivity index (χ4v) is 2.44. The van der Waals surface area contributed by atoms with Gasteiger partial charge in [0.2, 0.25) is 0 Å². The van der Waals surface area contributed by atoms with Crippen molar-refractivity contribution >= 4 is 12.1 Å². The summed E-state index contributed by atoms with van der Waals surface area (Å²) in [5.41, 5.74) is -2.19. The first-order valence-electron chi connectivity index (χ1n) is 5.99. The molecule has 0 N–H and O–H groups in total. The molecule has 0 bridgehead atoms. The molecule has 2 rings (SSSR count). The number of nitrogens with zero attached hydrogens (tertiary/aromatic N) is 1. The molecule has 1 aliphatic carbocycles. The van der Waals surface area contributed by atoms with Gasteiger partial charge in [-0.3, -0.25) is 4.90 Å². The summed E-state index contributed by atoms with van der Waals surface area (Å²) in [7, 11) is 1.11. The predicted molar refractivity (Wildman–Crippen MR) is 60.7 cm³/mol. The Hall–Kier alpha value is -1.40. The molecular weight excluding hydrogens is 260 g/mol. The zero-order chi connectivity index (χ0) is 14.6. The van der Waals surface area contributed by atoms with Crippen LogP contribution in [0.25, 0.3) is 0 Å². The summed E-state index contributed by atoms with van der Waals surface area (Å²) >= 11 is 0. The molecule has 1 saturated heterocycles. The van der Waals surface area contributed by atoms with Crippen LogP contribution in [-0.4, -0.2) is 48.2 Å². The van der Waals surface area contributed by atoms with Crippen molar-refractivity contribution in [1.82, 2.24) is 4.90 Å². The number of carbonyl (C=O) groups is 2. The summed E-state index contributed by atoms with van der Waals surface area (Å²) in [5, 5.41) is 0. The first-order valence-corrected chi connectivity index (χ1v) is 5.99. The number of hydrogen-bond donors (Lipinski definition) is 0. The van der Waals surface area contributed by atoms with Crippen LogP contribution in [0, 0.1) is 5.41 Å². The van der Waals surface area contributed by atoms with Gasteiger partial charge in [-0.25, -0.2) is 18.4 Å². The van der Waals surface area contributed by atoms with Gasteiger partial charge in [0.05, 0.1) is 12.5 Å². The third-order valence-electron chi connectivity index (χ3n) is 3.48. The van der Waals surface area contributed by atoms with E-state index in [1.54, 1.807) is 20.8 Å². The zero-order valence-corrected chi connectivity index (χ0v) is 11.3. The van der Waals surface area contributed by atoms with Crippen LogP contribution >= 0.6 is 0 Å². The van der Waals surface area contributed by atoms with Crippen molar-refractivity contribution in [3.05, 3.63) is 0 Å². The average Bonchev–Trinajstić information content (AvgIpc) is 2.78. The quantitative estimate of drug-likeness (QED) is 0.686. The second-order valence-electron chi connectivity index (χ2n) is 6.07. The number of methoxy groups -OCH3 is 1. The fourth-order valence-electron chi connectivity index (χ4n) is 2.44. The van der Waals surface area contributed by atoms with Crippen molar-refractivity contribution in [1.29, 1.82) is 0 Å². The van der Waals surface area contributed by atoms with Crippen molar-refractivity contribution in [3.63, 3.8) is 0 Å². The second kappa shape index (κ2) is 3.80. The van der Waals surface area contributed by atoms with Crippen LogP contribution in [0.5, 0.6) is 0 Å². The molecule has 0 aromatic heterocycles. The highest BCUT2D eigenvalue weighted by molar-refractivity contribution is 5.86. The Morgan fingerprint density at radius 2 is 1.84 bits per heavy atom. The van der Waals surface area contributed by atoms with Gasteiger partial charge in [-0.1, -0.05) is 0 Å². The SMILES string of the molecule is COC(=O)C1N(C(=O)OC(C)(C)C)CC12CC2(F)F. The minimum absolute atomic E-state index is 0.172. The summed E-state index contributed by atoms with van der Waals surface area (Å²) in [5.74, 6) is -3.74. The topological polar surface area (TPSA) is 55.8 Å². The molecule has 1 heterocycles. The molecular formula is C12H17F2NO4. The Bertz CT molecular complexity index is 432. The van der Waals surface area contributed by atoms with Crippen molar-refractivity contribution in [2.45, 2.75) is 44.8 Å². The van der Waals surface area contributed by atoms with E-state index in [-0.39, 0.29) is 13.0 Å². The van der Waals surface area contributed by atoms with Gasteiger partial charge in [-0.2, -0.15) is 0 Å². The molecule has 7 heteroatoms. The third-order valence-corrected chi connectivity index (χ3v) is 3.48. The number of amides is 1. The Morgan fingerprint density at radius 1 is 1.32 bits per heavy atom. The molecule has 0 radical (unpaired) electrons. The van der Waals surface area contributed by atoms with Crippen molar-refractivity contribution < 1.29 is 27.8 Å². The smallest absolute Gasteiger partial charge is 0.411 e. The minimum Gasteiger partial charge on any atom is -0.467 e. The maximum Gasteiger partial charge on any atom is 0.411 e. The molecule has 2 aliphatic rings. The molecule has 1 amide bonds. The third kappa shape index (κ3) is 2.04. The van der Waals surface area contributed by atoms with E-state index in [4.69, 9.17) is 4.74 Å². The van der Waals surface area contributed by atoms with Gasteiger partial charge in [-0.15, -0.1) is 0 Å². The molecule has 1 spiro atoms. The van der Waals surface area contributed by atoms with Gasteiger partial charge in [0.1, 0.15) is 11.6 Å². The largest absolute Gasteiger partial charge is 0.467 e. The normalized spacial score (nSPS) is 31.7. The monoisotopic (exact) mass is 277 g/mol. The van der Waals surface area contributed by atoms with Gasteiger partial charge >= 0.3 is 12.1 Å². The molecule has 0 aromatic carbocycles. The van der Waals surface area contributed by atoms with Gasteiger partial charge in [0.25, 0.3) is 5.92 Å². The summed E-state index contributed by atoms with van der Waals surface area (Å²) < 4.78 is 36.3. The predicted octanol–water partition coefficient (Wildman–Crippen LogP) is 1.80. The van der Waals surface area contributed by atoms with E-state index in [0.717, 1.165) is 12.0 Å². The summed E-state index contributed by atoms with van der Waals surface area (Å²) in [6, 6.07) is -1.25. The first kappa shape index (κ1) is 14.0. The number of likely N-dealkylation sites (tertiary alicyclic amines) is 1. The molecule has 108 valence electrons. The molecule has 2 atom stereocenters. The maximum atomic E-state index is 13.4. The number of rotatable bonds is 1. The lowest BCUT2D eigenvalue weighted by Gasteiger charge is -2.46. The minimum atomic E-state index is -2.91. The van der Waals surface area contributed by atoms with E-state index in [1.165, 1.54) is 0 Å². The van der Waals surface area contributed by atoms with Crippen LogP contribution in [0.1, 0.15) is 27.2 Å². The number of ether oxygens (including phenoxy) is 2. The van der Waals surface area contributed by atoms with Crippen LogP contribution in [0.3, 0.4) is 0 Å².